The van der Waals surface area contributed by atoms with E-state index in [4.69, 9.17) is 11.6 Å². The summed E-state index contributed by atoms with van der Waals surface area (Å²) in [7, 11) is 0. The van der Waals surface area contributed by atoms with Gasteiger partial charge in [0.25, 0.3) is 5.70 Å². The second-order valence-electron chi connectivity index (χ2n) is 1.94. The Labute approximate surface area is 69.8 Å². The molecule has 0 atom stereocenters. The maximum Gasteiger partial charge on any atom is 0.287 e. The Kier molecular flexibility index (Phi) is 3.54. The minimum atomic E-state index is -0.593. The molecule has 0 saturated carbocycles. The first-order chi connectivity index (χ1) is 5.00. The van der Waals surface area contributed by atoms with E-state index >= 15 is 0 Å². The highest BCUT2D eigenvalue weighted by Crippen LogP contribution is 2.18. The molecule has 60 valence electrons. The van der Waals surface area contributed by atoms with Crippen molar-refractivity contribution in [3.63, 3.8) is 0 Å². The Morgan fingerprint density at radius 2 is 2.18 bits per heavy atom. The second kappa shape index (κ2) is 3.93. The molecule has 11 heavy (non-hydrogen) atoms. The summed E-state index contributed by atoms with van der Waals surface area (Å²) in [6, 6.07) is 0. The van der Waals surface area contributed by atoms with Gasteiger partial charge in [0.1, 0.15) is 5.03 Å². The Hall–Kier alpha value is -1.09. The van der Waals surface area contributed by atoms with Crippen LogP contribution in [0.3, 0.4) is 0 Å². The Bertz CT molecular complexity index is 243. The van der Waals surface area contributed by atoms with Gasteiger partial charge in [0.15, 0.2) is 0 Å². The first-order valence-corrected chi connectivity index (χ1v) is 3.21. The SMILES string of the molecule is C=C/C(=C(/Cl)C(=C)C)[N+](=O)[O-]. The molecule has 0 fully saturated rings. The monoisotopic (exact) mass is 173 g/mol. The fourth-order valence-corrected chi connectivity index (χ4v) is 0.609. The summed E-state index contributed by atoms with van der Waals surface area (Å²) in [5.74, 6) is 0. The molecule has 0 heterocycles. The third-order valence-electron chi connectivity index (χ3n) is 0.990. The van der Waals surface area contributed by atoms with Gasteiger partial charge >= 0.3 is 0 Å². The van der Waals surface area contributed by atoms with Crippen molar-refractivity contribution in [2.45, 2.75) is 6.92 Å². The molecule has 4 heteroatoms. The van der Waals surface area contributed by atoms with E-state index in [-0.39, 0.29) is 10.7 Å². The fourth-order valence-electron chi connectivity index (χ4n) is 0.463. The van der Waals surface area contributed by atoms with Crippen molar-refractivity contribution in [2.24, 2.45) is 0 Å². The molecule has 0 bridgehead atoms. The summed E-state index contributed by atoms with van der Waals surface area (Å²) in [5, 5.41) is 10.3. The number of halogens is 1. The Morgan fingerprint density at radius 3 is 2.27 bits per heavy atom. The van der Waals surface area contributed by atoms with Gasteiger partial charge in [-0.3, -0.25) is 10.1 Å². The van der Waals surface area contributed by atoms with Crippen LogP contribution in [0.25, 0.3) is 0 Å². The van der Waals surface area contributed by atoms with E-state index in [2.05, 4.69) is 13.2 Å². The van der Waals surface area contributed by atoms with Crippen molar-refractivity contribution >= 4 is 11.6 Å². The summed E-state index contributed by atoms with van der Waals surface area (Å²) in [6.45, 7) is 8.32. The van der Waals surface area contributed by atoms with Gasteiger partial charge in [-0.25, -0.2) is 0 Å². The number of nitro groups is 1. The van der Waals surface area contributed by atoms with E-state index < -0.39 is 4.92 Å². The number of allylic oxidation sites excluding steroid dienone is 3. The van der Waals surface area contributed by atoms with E-state index in [0.29, 0.717) is 5.57 Å². The maximum atomic E-state index is 10.2. The van der Waals surface area contributed by atoms with E-state index in [9.17, 15) is 10.1 Å². The maximum absolute atomic E-state index is 10.2. The molecule has 0 aromatic heterocycles. The average molecular weight is 174 g/mol. The quantitative estimate of drug-likeness (QED) is 0.374. The lowest BCUT2D eigenvalue weighted by molar-refractivity contribution is -0.419. The zero-order valence-corrected chi connectivity index (χ0v) is 6.89. The van der Waals surface area contributed by atoms with E-state index in [1.54, 1.807) is 6.92 Å². The van der Waals surface area contributed by atoms with Crippen LogP contribution in [0.15, 0.2) is 35.5 Å². The van der Waals surface area contributed by atoms with E-state index in [1.807, 2.05) is 0 Å². The van der Waals surface area contributed by atoms with Crippen LogP contribution in [0.2, 0.25) is 0 Å². The van der Waals surface area contributed by atoms with Gasteiger partial charge in [0.2, 0.25) is 0 Å². The highest BCUT2D eigenvalue weighted by atomic mass is 35.5. The number of hydrogen-bond acceptors (Lipinski definition) is 2. The molecule has 0 aliphatic heterocycles. The highest BCUT2D eigenvalue weighted by Gasteiger charge is 2.12. The standard InChI is InChI=1S/C7H8ClNO2/c1-4-6(9(10)11)7(8)5(2)3/h4H,1-2H2,3H3/b7-6-. The third kappa shape index (κ3) is 2.55. The van der Waals surface area contributed by atoms with Crippen LogP contribution >= 0.6 is 11.6 Å². The van der Waals surface area contributed by atoms with Gasteiger partial charge in [-0.2, -0.15) is 0 Å². The molecule has 0 aliphatic rings. The molecule has 3 nitrogen and oxygen atoms in total. The molecule has 0 rings (SSSR count). The molecular formula is C7H8ClNO2. The van der Waals surface area contributed by atoms with Gasteiger partial charge in [0.05, 0.1) is 4.92 Å². The molecular weight excluding hydrogens is 166 g/mol. The zero-order valence-electron chi connectivity index (χ0n) is 6.13. The smallest absolute Gasteiger partial charge is 0.258 e. The summed E-state index contributed by atoms with van der Waals surface area (Å²) >= 11 is 5.54. The lowest BCUT2D eigenvalue weighted by Gasteiger charge is -1.95. The fraction of sp³-hybridized carbons (Fsp3) is 0.143. The number of hydrogen-bond donors (Lipinski definition) is 0. The van der Waals surface area contributed by atoms with Crippen molar-refractivity contribution in [2.75, 3.05) is 0 Å². The van der Waals surface area contributed by atoms with Gasteiger partial charge in [-0.15, -0.1) is 0 Å². The largest absolute Gasteiger partial charge is 0.287 e. The second-order valence-corrected chi connectivity index (χ2v) is 2.32. The van der Waals surface area contributed by atoms with Gasteiger partial charge in [0, 0.05) is 6.08 Å². The first-order valence-electron chi connectivity index (χ1n) is 2.83. The van der Waals surface area contributed by atoms with E-state index in [0.717, 1.165) is 6.08 Å². The topological polar surface area (TPSA) is 43.1 Å². The van der Waals surface area contributed by atoms with Crippen LogP contribution in [0.4, 0.5) is 0 Å². The Morgan fingerprint density at radius 1 is 1.73 bits per heavy atom. The molecule has 0 aliphatic carbocycles. The molecule has 0 spiro atoms. The molecule has 0 saturated heterocycles. The van der Waals surface area contributed by atoms with Crippen molar-refractivity contribution < 1.29 is 4.92 Å². The van der Waals surface area contributed by atoms with Crippen molar-refractivity contribution in [3.8, 4) is 0 Å². The Balaban J connectivity index is 4.99. The molecule has 0 N–H and O–H groups in total. The zero-order chi connectivity index (χ0) is 9.02. The van der Waals surface area contributed by atoms with Crippen LogP contribution < -0.4 is 0 Å². The molecule has 0 amide bonds. The van der Waals surface area contributed by atoms with Gasteiger partial charge < -0.3 is 0 Å². The summed E-state index contributed by atoms with van der Waals surface area (Å²) < 4.78 is 0. The van der Waals surface area contributed by atoms with Gasteiger partial charge in [-0.1, -0.05) is 24.8 Å². The predicted molar refractivity (Wildman–Crippen MR) is 44.9 cm³/mol. The summed E-state index contributed by atoms with van der Waals surface area (Å²) in [5.41, 5.74) is 0.248. The first kappa shape index (κ1) is 9.91. The summed E-state index contributed by atoms with van der Waals surface area (Å²) in [4.78, 5) is 9.63. The summed E-state index contributed by atoms with van der Waals surface area (Å²) in [6.07, 6.45) is 1.09. The van der Waals surface area contributed by atoms with Crippen LogP contribution in [0.1, 0.15) is 6.92 Å². The normalized spacial score (nSPS) is 11.8. The van der Waals surface area contributed by atoms with Gasteiger partial charge in [-0.05, 0) is 12.5 Å². The highest BCUT2D eigenvalue weighted by molar-refractivity contribution is 6.32. The minimum Gasteiger partial charge on any atom is -0.258 e. The van der Waals surface area contributed by atoms with Crippen LogP contribution in [-0.4, -0.2) is 4.92 Å². The van der Waals surface area contributed by atoms with Crippen molar-refractivity contribution in [1.29, 1.82) is 0 Å². The molecule has 0 radical (unpaired) electrons. The van der Waals surface area contributed by atoms with Crippen LogP contribution in [0.5, 0.6) is 0 Å². The van der Waals surface area contributed by atoms with Crippen molar-refractivity contribution in [1.82, 2.24) is 0 Å². The minimum absolute atomic E-state index is 0.0463. The van der Waals surface area contributed by atoms with Crippen LogP contribution in [-0.2, 0) is 0 Å². The average Bonchev–Trinajstić information content (AvgIpc) is 1.88. The molecule has 0 aromatic carbocycles. The molecule has 0 unspecified atom stereocenters. The third-order valence-corrected chi connectivity index (χ3v) is 1.51. The van der Waals surface area contributed by atoms with Crippen molar-refractivity contribution in [3.05, 3.63) is 45.7 Å². The predicted octanol–water partition coefficient (Wildman–Crippen LogP) is 2.48. The van der Waals surface area contributed by atoms with Crippen LogP contribution in [0, 0.1) is 10.1 Å². The number of rotatable bonds is 3. The van der Waals surface area contributed by atoms with E-state index in [1.165, 1.54) is 0 Å². The number of nitrogens with zero attached hydrogens (tertiary/aromatic N) is 1. The molecule has 0 aromatic rings. The lowest BCUT2D eigenvalue weighted by Crippen LogP contribution is -1.97. The lowest BCUT2D eigenvalue weighted by atomic mass is 10.2.